The minimum absolute atomic E-state index is 0.489. The highest BCUT2D eigenvalue weighted by molar-refractivity contribution is 6.17. The van der Waals surface area contributed by atoms with Gasteiger partial charge in [0.05, 0.1) is 5.52 Å². The van der Waals surface area contributed by atoms with E-state index in [1.165, 1.54) is 10.9 Å². The molecule has 0 aliphatic heterocycles. The van der Waals surface area contributed by atoms with Crippen LogP contribution in [0.4, 0.5) is 0 Å². The van der Waals surface area contributed by atoms with E-state index in [2.05, 4.69) is 41.5 Å². The molecule has 3 heteroatoms. The van der Waals surface area contributed by atoms with Gasteiger partial charge in [-0.1, -0.05) is 24.3 Å². The van der Waals surface area contributed by atoms with Gasteiger partial charge >= 0.3 is 0 Å². The number of benzene rings is 1. The molecule has 0 fully saturated rings. The lowest BCUT2D eigenvalue weighted by molar-refractivity contribution is 0.510. The van der Waals surface area contributed by atoms with Crippen molar-refractivity contribution in [2.24, 2.45) is 0 Å². The average molecular weight is 263 g/mol. The van der Waals surface area contributed by atoms with Crippen molar-refractivity contribution in [2.45, 2.75) is 32.4 Å². The van der Waals surface area contributed by atoms with Crippen molar-refractivity contribution in [3.8, 4) is 0 Å². The fourth-order valence-electron chi connectivity index (χ4n) is 2.08. The molecule has 1 atom stereocenters. The van der Waals surface area contributed by atoms with Gasteiger partial charge in [0.25, 0.3) is 0 Å². The molecule has 0 amide bonds. The summed E-state index contributed by atoms with van der Waals surface area (Å²) in [6, 6.07) is 10.9. The van der Waals surface area contributed by atoms with Crippen LogP contribution in [0.3, 0.4) is 0 Å². The zero-order chi connectivity index (χ0) is 12.8. The maximum absolute atomic E-state index is 5.70. The molecular formula is C15H19ClN2. The van der Waals surface area contributed by atoms with E-state index in [-0.39, 0.29) is 0 Å². The Morgan fingerprint density at radius 1 is 1.28 bits per heavy atom. The summed E-state index contributed by atoms with van der Waals surface area (Å²) in [7, 11) is 0. The largest absolute Gasteiger partial charge is 0.310 e. The van der Waals surface area contributed by atoms with Gasteiger partial charge in [0.1, 0.15) is 0 Å². The second-order valence-electron chi connectivity index (χ2n) is 4.61. The Kier molecular flexibility index (Phi) is 4.97. The maximum Gasteiger partial charge on any atom is 0.0746 e. The number of nitrogens with zero attached hydrogens (tertiary/aromatic N) is 1. The van der Waals surface area contributed by atoms with Gasteiger partial charge in [0.15, 0.2) is 0 Å². The van der Waals surface area contributed by atoms with Gasteiger partial charge in [0, 0.05) is 30.0 Å². The number of rotatable bonds is 6. The van der Waals surface area contributed by atoms with Crippen LogP contribution in [0.15, 0.2) is 36.5 Å². The molecule has 0 saturated heterocycles. The van der Waals surface area contributed by atoms with Crippen LogP contribution >= 0.6 is 11.6 Å². The Labute approximate surface area is 113 Å². The smallest absolute Gasteiger partial charge is 0.0746 e. The van der Waals surface area contributed by atoms with Crippen LogP contribution in [-0.2, 0) is 6.54 Å². The average Bonchev–Trinajstić information content (AvgIpc) is 2.42. The molecule has 0 aliphatic rings. The molecular weight excluding hydrogens is 244 g/mol. The molecule has 0 radical (unpaired) electrons. The van der Waals surface area contributed by atoms with E-state index in [0.717, 1.165) is 30.8 Å². The standard InChI is InChI=1S/C15H19ClN2/c1-12(5-3-9-16)18-11-14-7-2-6-13-8-4-10-17-15(13)14/h2,4,6-8,10,12,18H,3,5,9,11H2,1H3. The third kappa shape index (κ3) is 3.44. The van der Waals surface area contributed by atoms with Crippen LogP contribution in [-0.4, -0.2) is 16.9 Å². The fourth-order valence-corrected chi connectivity index (χ4v) is 2.23. The van der Waals surface area contributed by atoms with Gasteiger partial charge in [-0.15, -0.1) is 11.6 Å². The Hall–Kier alpha value is -1.12. The summed E-state index contributed by atoms with van der Waals surface area (Å²) in [5, 5.41) is 4.73. The van der Waals surface area contributed by atoms with Crippen molar-refractivity contribution in [1.82, 2.24) is 10.3 Å². The SMILES string of the molecule is CC(CCCCl)NCc1cccc2cccnc12. The number of fused-ring (bicyclic) bond motifs is 1. The number of para-hydroxylation sites is 1. The first kappa shape index (κ1) is 13.3. The number of aromatic nitrogens is 1. The molecule has 1 N–H and O–H groups in total. The van der Waals surface area contributed by atoms with E-state index in [1.54, 1.807) is 0 Å². The monoisotopic (exact) mass is 262 g/mol. The molecule has 2 nitrogen and oxygen atoms in total. The first-order valence-electron chi connectivity index (χ1n) is 6.43. The molecule has 1 heterocycles. The second kappa shape index (κ2) is 6.72. The van der Waals surface area contributed by atoms with Gasteiger partial charge in [-0.25, -0.2) is 0 Å². The highest BCUT2D eigenvalue weighted by Gasteiger charge is 2.04. The van der Waals surface area contributed by atoms with Crippen LogP contribution in [0.5, 0.6) is 0 Å². The van der Waals surface area contributed by atoms with Gasteiger partial charge in [0.2, 0.25) is 0 Å². The normalized spacial score (nSPS) is 12.8. The summed E-state index contributed by atoms with van der Waals surface area (Å²) in [6.07, 6.45) is 4.02. The summed E-state index contributed by atoms with van der Waals surface area (Å²) >= 11 is 5.70. The highest BCUT2D eigenvalue weighted by atomic mass is 35.5. The number of hydrogen-bond acceptors (Lipinski definition) is 2. The number of halogens is 1. The second-order valence-corrected chi connectivity index (χ2v) is 4.98. The van der Waals surface area contributed by atoms with E-state index in [9.17, 15) is 0 Å². The van der Waals surface area contributed by atoms with Crippen LogP contribution in [0.2, 0.25) is 0 Å². The lowest BCUT2D eigenvalue weighted by atomic mass is 10.1. The van der Waals surface area contributed by atoms with Gasteiger partial charge in [-0.2, -0.15) is 0 Å². The van der Waals surface area contributed by atoms with Crippen LogP contribution in [0.25, 0.3) is 10.9 Å². The molecule has 0 saturated carbocycles. The quantitative estimate of drug-likeness (QED) is 0.803. The van der Waals surface area contributed by atoms with E-state index < -0.39 is 0 Å². The van der Waals surface area contributed by atoms with Gasteiger partial charge < -0.3 is 5.32 Å². The molecule has 0 aliphatic carbocycles. The molecule has 0 bridgehead atoms. The molecule has 18 heavy (non-hydrogen) atoms. The van der Waals surface area contributed by atoms with E-state index >= 15 is 0 Å². The molecule has 1 unspecified atom stereocenters. The number of hydrogen-bond donors (Lipinski definition) is 1. The van der Waals surface area contributed by atoms with Crippen molar-refractivity contribution in [3.63, 3.8) is 0 Å². The summed E-state index contributed by atoms with van der Waals surface area (Å²) in [6.45, 7) is 3.06. The Balaban J connectivity index is 2.03. The molecule has 96 valence electrons. The van der Waals surface area contributed by atoms with Crippen molar-refractivity contribution in [1.29, 1.82) is 0 Å². The molecule has 1 aromatic carbocycles. The number of alkyl halides is 1. The van der Waals surface area contributed by atoms with Crippen LogP contribution < -0.4 is 5.32 Å². The van der Waals surface area contributed by atoms with Crippen LogP contribution in [0, 0.1) is 0 Å². The minimum atomic E-state index is 0.489. The first-order chi connectivity index (χ1) is 8.81. The minimum Gasteiger partial charge on any atom is -0.310 e. The van der Waals surface area contributed by atoms with Crippen LogP contribution in [0.1, 0.15) is 25.3 Å². The summed E-state index contributed by atoms with van der Waals surface area (Å²) in [5.41, 5.74) is 2.35. The number of pyridine rings is 1. The van der Waals surface area contributed by atoms with E-state index in [1.807, 2.05) is 12.3 Å². The van der Waals surface area contributed by atoms with E-state index in [4.69, 9.17) is 11.6 Å². The van der Waals surface area contributed by atoms with Crippen molar-refractivity contribution in [3.05, 3.63) is 42.1 Å². The lowest BCUT2D eigenvalue weighted by Crippen LogP contribution is -2.25. The summed E-state index contributed by atoms with van der Waals surface area (Å²) in [4.78, 5) is 4.46. The molecule has 2 aromatic rings. The van der Waals surface area contributed by atoms with Crippen molar-refractivity contribution < 1.29 is 0 Å². The predicted molar refractivity (Wildman–Crippen MR) is 78.0 cm³/mol. The fraction of sp³-hybridized carbons (Fsp3) is 0.400. The first-order valence-corrected chi connectivity index (χ1v) is 6.96. The zero-order valence-corrected chi connectivity index (χ0v) is 11.5. The molecule has 2 rings (SSSR count). The third-order valence-corrected chi connectivity index (χ3v) is 3.40. The molecule has 0 spiro atoms. The third-order valence-electron chi connectivity index (χ3n) is 3.13. The van der Waals surface area contributed by atoms with Crippen molar-refractivity contribution >= 4 is 22.5 Å². The molecule has 1 aromatic heterocycles. The Morgan fingerprint density at radius 2 is 2.11 bits per heavy atom. The Bertz CT molecular complexity index is 493. The van der Waals surface area contributed by atoms with Crippen molar-refractivity contribution in [2.75, 3.05) is 5.88 Å². The maximum atomic E-state index is 5.70. The predicted octanol–water partition coefficient (Wildman–Crippen LogP) is 3.73. The zero-order valence-electron chi connectivity index (χ0n) is 10.7. The van der Waals surface area contributed by atoms with E-state index in [0.29, 0.717) is 6.04 Å². The summed E-state index contributed by atoms with van der Waals surface area (Å²) in [5.74, 6) is 0.738. The topological polar surface area (TPSA) is 24.9 Å². The highest BCUT2D eigenvalue weighted by Crippen LogP contribution is 2.15. The number of nitrogens with one attached hydrogen (secondary N) is 1. The van der Waals surface area contributed by atoms with Gasteiger partial charge in [-0.05, 0) is 31.4 Å². The van der Waals surface area contributed by atoms with Gasteiger partial charge in [-0.3, -0.25) is 4.98 Å². The lowest BCUT2D eigenvalue weighted by Gasteiger charge is -2.13. The Morgan fingerprint density at radius 3 is 2.94 bits per heavy atom. The summed E-state index contributed by atoms with van der Waals surface area (Å²) < 4.78 is 0.